The molecule has 0 bridgehead atoms. The zero-order valence-corrected chi connectivity index (χ0v) is 9.96. The first-order valence-electron chi connectivity index (χ1n) is 6.15. The van der Waals surface area contributed by atoms with E-state index in [-0.39, 0.29) is 11.3 Å². The van der Waals surface area contributed by atoms with Crippen molar-refractivity contribution in [2.75, 3.05) is 26.2 Å². The van der Waals surface area contributed by atoms with E-state index in [4.69, 9.17) is 5.26 Å². The maximum Gasteiger partial charge on any atom is 0.265 e. The van der Waals surface area contributed by atoms with Crippen molar-refractivity contribution in [2.45, 2.75) is 25.7 Å². The first-order chi connectivity index (χ1) is 8.26. The summed E-state index contributed by atoms with van der Waals surface area (Å²) in [5.41, 5.74) is 0.900. The van der Waals surface area contributed by atoms with E-state index in [9.17, 15) is 4.79 Å². The van der Waals surface area contributed by atoms with Gasteiger partial charge in [-0.1, -0.05) is 0 Å². The average molecular weight is 234 g/mol. The molecule has 5 nitrogen and oxygen atoms in total. The van der Waals surface area contributed by atoms with Gasteiger partial charge in [0.05, 0.1) is 12.5 Å². The topological polar surface area (TPSA) is 77.3 Å². The molecule has 0 aromatic rings. The Hall–Kier alpha value is -1.41. The fourth-order valence-electron chi connectivity index (χ4n) is 2.51. The van der Waals surface area contributed by atoms with Crippen LogP contribution in [0.1, 0.15) is 25.7 Å². The van der Waals surface area contributed by atoms with Crippen LogP contribution < -0.4 is 10.6 Å². The highest BCUT2D eigenvalue weighted by atomic mass is 16.1. The molecule has 2 aliphatic heterocycles. The van der Waals surface area contributed by atoms with Gasteiger partial charge in [-0.2, -0.15) is 5.26 Å². The van der Waals surface area contributed by atoms with Crippen LogP contribution in [0.25, 0.3) is 0 Å². The molecule has 0 aliphatic carbocycles. The Morgan fingerprint density at radius 1 is 1.53 bits per heavy atom. The quantitative estimate of drug-likeness (QED) is 0.686. The van der Waals surface area contributed by atoms with E-state index < -0.39 is 0 Å². The molecule has 1 fully saturated rings. The van der Waals surface area contributed by atoms with Gasteiger partial charge in [0.2, 0.25) is 0 Å². The van der Waals surface area contributed by atoms with E-state index in [0.717, 1.165) is 38.9 Å². The second-order valence-electron chi connectivity index (χ2n) is 4.85. The third kappa shape index (κ3) is 2.83. The number of rotatable bonds is 3. The van der Waals surface area contributed by atoms with Gasteiger partial charge < -0.3 is 10.6 Å². The zero-order chi connectivity index (χ0) is 12.1. The van der Waals surface area contributed by atoms with Crippen molar-refractivity contribution in [1.29, 1.82) is 5.26 Å². The average Bonchev–Trinajstić information content (AvgIpc) is 2.74. The van der Waals surface area contributed by atoms with Gasteiger partial charge in [0.1, 0.15) is 5.71 Å². The summed E-state index contributed by atoms with van der Waals surface area (Å²) in [4.78, 5) is 16.2. The van der Waals surface area contributed by atoms with Crippen LogP contribution in [0.2, 0.25) is 0 Å². The van der Waals surface area contributed by atoms with Crippen LogP contribution >= 0.6 is 0 Å². The number of nitriles is 1. The van der Waals surface area contributed by atoms with Crippen LogP contribution in [0.5, 0.6) is 0 Å². The van der Waals surface area contributed by atoms with Gasteiger partial charge in [-0.3, -0.25) is 9.79 Å². The van der Waals surface area contributed by atoms with Crippen LogP contribution in [-0.2, 0) is 4.79 Å². The Morgan fingerprint density at radius 3 is 3.00 bits per heavy atom. The summed E-state index contributed by atoms with van der Waals surface area (Å²) < 4.78 is 0. The number of nitrogens with zero attached hydrogens (tertiary/aromatic N) is 2. The minimum absolute atomic E-state index is 0.0874. The second-order valence-corrected chi connectivity index (χ2v) is 4.85. The Morgan fingerprint density at radius 2 is 2.29 bits per heavy atom. The molecule has 2 aliphatic rings. The van der Waals surface area contributed by atoms with Crippen molar-refractivity contribution < 1.29 is 4.79 Å². The highest BCUT2D eigenvalue weighted by Gasteiger charge is 2.38. The summed E-state index contributed by atoms with van der Waals surface area (Å²) in [5, 5.41) is 14.5. The molecule has 0 aromatic carbocycles. The zero-order valence-electron chi connectivity index (χ0n) is 9.96. The maximum absolute atomic E-state index is 11.8. The third-order valence-corrected chi connectivity index (χ3v) is 3.60. The molecule has 1 spiro atoms. The lowest BCUT2D eigenvalue weighted by Gasteiger charge is -2.32. The number of hydrogen-bond acceptors (Lipinski definition) is 4. The Kier molecular flexibility index (Phi) is 3.75. The molecule has 0 saturated carbocycles. The van der Waals surface area contributed by atoms with E-state index in [1.807, 2.05) is 6.07 Å². The normalized spacial score (nSPS) is 21.9. The van der Waals surface area contributed by atoms with Crippen molar-refractivity contribution in [2.24, 2.45) is 10.4 Å². The number of hydrogen-bond donors (Lipinski definition) is 2. The van der Waals surface area contributed by atoms with Crippen molar-refractivity contribution in [3.63, 3.8) is 0 Å². The Labute approximate surface area is 101 Å². The molecule has 92 valence electrons. The molecule has 0 atom stereocenters. The predicted molar refractivity (Wildman–Crippen MR) is 64.7 cm³/mol. The molecule has 0 unspecified atom stereocenters. The van der Waals surface area contributed by atoms with Crippen LogP contribution in [0, 0.1) is 16.7 Å². The standard InChI is InChI=1S/C12H18N4O/c13-4-1-5-15-11(17)10-8-12(9-16-10)2-6-14-7-3-12/h14H,1-3,5-9H2,(H,15,17). The number of nitrogens with one attached hydrogen (secondary N) is 2. The summed E-state index contributed by atoms with van der Waals surface area (Å²) >= 11 is 0. The fraction of sp³-hybridized carbons (Fsp3) is 0.750. The van der Waals surface area contributed by atoms with E-state index in [1.165, 1.54) is 0 Å². The molecule has 2 heterocycles. The largest absolute Gasteiger partial charge is 0.350 e. The molecule has 2 rings (SSSR count). The van der Waals surface area contributed by atoms with Gasteiger partial charge in [-0.25, -0.2) is 0 Å². The summed E-state index contributed by atoms with van der Waals surface area (Å²) in [5.74, 6) is -0.0874. The van der Waals surface area contributed by atoms with Gasteiger partial charge in [0.15, 0.2) is 0 Å². The van der Waals surface area contributed by atoms with Crippen molar-refractivity contribution >= 4 is 11.6 Å². The van der Waals surface area contributed by atoms with E-state index >= 15 is 0 Å². The van der Waals surface area contributed by atoms with Crippen LogP contribution in [0.3, 0.4) is 0 Å². The highest BCUT2D eigenvalue weighted by Crippen LogP contribution is 2.37. The number of piperidine rings is 1. The molecule has 2 N–H and O–H groups in total. The SMILES string of the molecule is N#CCCNC(=O)C1=NCC2(CCNCC2)C1. The Balaban J connectivity index is 1.84. The van der Waals surface area contributed by atoms with Crippen molar-refractivity contribution in [3.8, 4) is 6.07 Å². The van der Waals surface area contributed by atoms with Gasteiger partial charge in [0.25, 0.3) is 5.91 Å². The first kappa shape index (κ1) is 12.1. The molecule has 0 aromatic heterocycles. The maximum atomic E-state index is 11.8. The number of amides is 1. The van der Waals surface area contributed by atoms with Crippen LogP contribution in [-0.4, -0.2) is 37.8 Å². The third-order valence-electron chi connectivity index (χ3n) is 3.60. The van der Waals surface area contributed by atoms with E-state index in [2.05, 4.69) is 15.6 Å². The number of carbonyl (C=O) groups is 1. The smallest absolute Gasteiger partial charge is 0.265 e. The number of aliphatic imine (C=N–C) groups is 1. The fourth-order valence-corrected chi connectivity index (χ4v) is 2.51. The summed E-state index contributed by atoms with van der Waals surface area (Å²) in [7, 11) is 0. The lowest BCUT2D eigenvalue weighted by atomic mass is 9.77. The monoisotopic (exact) mass is 234 g/mol. The van der Waals surface area contributed by atoms with Crippen molar-refractivity contribution in [1.82, 2.24) is 10.6 Å². The van der Waals surface area contributed by atoms with Gasteiger partial charge in [-0.05, 0) is 31.3 Å². The molecule has 1 saturated heterocycles. The summed E-state index contributed by atoms with van der Waals surface area (Å²) in [6.45, 7) is 3.26. The lowest BCUT2D eigenvalue weighted by Crippen LogP contribution is -2.39. The highest BCUT2D eigenvalue weighted by molar-refractivity contribution is 6.39. The minimum atomic E-state index is -0.0874. The molecular formula is C12H18N4O. The Bertz CT molecular complexity index is 363. The van der Waals surface area contributed by atoms with Gasteiger partial charge >= 0.3 is 0 Å². The molecule has 0 radical (unpaired) electrons. The van der Waals surface area contributed by atoms with Crippen molar-refractivity contribution in [3.05, 3.63) is 0 Å². The van der Waals surface area contributed by atoms with Gasteiger partial charge in [-0.15, -0.1) is 0 Å². The second kappa shape index (κ2) is 5.28. The van der Waals surface area contributed by atoms with Crippen LogP contribution in [0.15, 0.2) is 4.99 Å². The van der Waals surface area contributed by atoms with E-state index in [1.54, 1.807) is 0 Å². The van der Waals surface area contributed by atoms with Crippen LogP contribution in [0.4, 0.5) is 0 Å². The summed E-state index contributed by atoms with van der Waals surface area (Å²) in [6, 6.07) is 2.01. The molecule has 5 heteroatoms. The van der Waals surface area contributed by atoms with Gasteiger partial charge in [0, 0.05) is 19.5 Å². The molecule has 17 heavy (non-hydrogen) atoms. The summed E-state index contributed by atoms with van der Waals surface area (Å²) in [6.07, 6.45) is 3.36. The molecular weight excluding hydrogens is 216 g/mol. The van der Waals surface area contributed by atoms with E-state index in [0.29, 0.717) is 18.7 Å². The lowest BCUT2D eigenvalue weighted by molar-refractivity contribution is -0.114. The number of carbonyl (C=O) groups excluding carboxylic acids is 1. The predicted octanol–water partition coefficient (Wildman–Crippen LogP) is 0.231. The minimum Gasteiger partial charge on any atom is -0.350 e. The first-order valence-corrected chi connectivity index (χ1v) is 6.15. The molecule has 1 amide bonds.